The molecule has 2 rings (SSSR count). The van der Waals surface area contributed by atoms with Crippen molar-refractivity contribution >= 4 is 11.6 Å². The Morgan fingerprint density at radius 3 is 2.89 bits per heavy atom. The third kappa shape index (κ3) is 2.92. The van der Waals surface area contributed by atoms with Gasteiger partial charge in [0.2, 0.25) is 0 Å². The van der Waals surface area contributed by atoms with Crippen LogP contribution in [0, 0.1) is 0 Å². The molecule has 106 valence electrons. The van der Waals surface area contributed by atoms with E-state index in [0.717, 1.165) is 19.4 Å². The molecule has 19 heavy (non-hydrogen) atoms. The van der Waals surface area contributed by atoms with Crippen molar-refractivity contribution in [3.63, 3.8) is 0 Å². The van der Waals surface area contributed by atoms with Gasteiger partial charge < -0.3 is 19.9 Å². The number of aromatic nitrogens is 1. The Kier molecular flexibility index (Phi) is 4.14. The van der Waals surface area contributed by atoms with Gasteiger partial charge >= 0.3 is 0 Å². The summed E-state index contributed by atoms with van der Waals surface area (Å²) in [5.74, 6) is 0.0483. The van der Waals surface area contributed by atoms with E-state index in [9.17, 15) is 4.79 Å². The molecule has 0 aliphatic carbocycles. The number of hydrogen-bond acceptors (Lipinski definition) is 3. The van der Waals surface area contributed by atoms with Gasteiger partial charge in [-0.05, 0) is 32.8 Å². The van der Waals surface area contributed by atoms with E-state index in [1.807, 2.05) is 29.5 Å². The minimum atomic E-state index is 0.0483. The second kappa shape index (κ2) is 5.65. The number of carbonyl (C=O) groups is 1. The van der Waals surface area contributed by atoms with Crippen LogP contribution in [-0.4, -0.2) is 41.7 Å². The molecule has 0 saturated carbocycles. The lowest BCUT2D eigenvalue weighted by Gasteiger charge is -2.32. The third-order valence-electron chi connectivity index (χ3n) is 3.64. The Labute approximate surface area is 114 Å². The Morgan fingerprint density at radius 1 is 1.53 bits per heavy atom. The first-order chi connectivity index (χ1) is 9.02. The van der Waals surface area contributed by atoms with Crippen LogP contribution in [0.2, 0.25) is 0 Å². The second-order valence-electron chi connectivity index (χ2n) is 5.41. The van der Waals surface area contributed by atoms with Gasteiger partial charge in [0.25, 0.3) is 5.91 Å². The zero-order chi connectivity index (χ0) is 14.0. The average molecular weight is 265 g/mol. The molecule has 1 fully saturated rings. The SMILES string of the molecule is COC1CCCN(C(=O)c2cc(N)cn2C(C)C)C1. The number of nitrogens with two attached hydrogens (primary N) is 1. The van der Waals surface area contributed by atoms with Crippen molar-refractivity contribution in [3.05, 3.63) is 18.0 Å². The summed E-state index contributed by atoms with van der Waals surface area (Å²) in [6, 6.07) is 1.98. The molecule has 0 aromatic carbocycles. The lowest BCUT2D eigenvalue weighted by Crippen LogP contribution is -2.43. The largest absolute Gasteiger partial charge is 0.397 e. The number of likely N-dealkylation sites (tertiary alicyclic amines) is 1. The third-order valence-corrected chi connectivity index (χ3v) is 3.64. The van der Waals surface area contributed by atoms with Crippen molar-refractivity contribution in [3.8, 4) is 0 Å². The van der Waals surface area contributed by atoms with E-state index in [4.69, 9.17) is 10.5 Å². The smallest absolute Gasteiger partial charge is 0.270 e. The highest BCUT2D eigenvalue weighted by Gasteiger charge is 2.26. The second-order valence-corrected chi connectivity index (χ2v) is 5.41. The molecule has 1 aromatic rings. The van der Waals surface area contributed by atoms with Gasteiger partial charge in [-0.2, -0.15) is 0 Å². The number of hydrogen-bond donors (Lipinski definition) is 1. The predicted molar refractivity (Wildman–Crippen MR) is 75.2 cm³/mol. The molecule has 1 aliphatic heterocycles. The fourth-order valence-corrected chi connectivity index (χ4v) is 2.58. The first-order valence-electron chi connectivity index (χ1n) is 6.82. The first kappa shape index (κ1) is 13.9. The lowest BCUT2D eigenvalue weighted by atomic mass is 10.1. The standard InChI is InChI=1S/C14H23N3O2/c1-10(2)17-8-11(15)7-13(17)14(18)16-6-4-5-12(9-16)19-3/h7-8,10,12H,4-6,9,15H2,1-3H3. The summed E-state index contributed by atoms with van der Waals surface area (Å²) in [5.41, 5.74) is 7.13. The maximum Gasteiger partial charge on any atom is 0.270 e. The van der Waals surface area contributed by atoms with Gasteiger partial charge in [-0.25, -0.2) is 0 Å². The van der Waals surface area contributed by atoms with Crippen molar-refractivity contribution in [2.75, 3.05) is 25.9 Å². The number of rotatable bonds is 3. The maximum absolute atomic E-state index is 12.6. The molecule has 5 heteroatoms. The molecule has 1 unspecified atom stereocenters. The van der Waals surface area contributed by atoms with E-state index in [-0.39, 0.29) is 18.1 Å². The summed E-state index contributed by atoms with van der Waals surface area (Å²) < 4.78 is 7.30. The molecule has 1 aromatic heterocycles. The van der Waals surface area contributed by atoms with Gasteiger partial charge in [0, 0.05) is 32.4 Å². The summed E-state index contributed by atoms with van der Waals surface area (Å²) in [6.45, 7) is 5.55. The first-order valence-corrected chi connectivity index (χ1v) is 6.82. The minimum absolute atomic E-state index is 0.0483. The van der Waals surface area contributed by atoms with Crippen LogP contribution >= 0.6 is 0 Å². The zero-order valence-corrected chi connectivity index (χ0v) is 11.9. The summed E-state index contributed by atoms with van der Waals surface area (Å²) in [7, 11) is 1.70. The van der Waals surface area contributed by atoms with Crippen LogP contribution < -0.4 is 5.73 Å². The van der Waals surface area contributed by atoms with E-state index >= 15 is 0 Å². The molecule has 0 bridgehead atoms. The summed E-state index contributed by atoms with van der Waals surface area (Å²) in [6.07, 6.45) is 3.99. The van der Waals surface area contributed by atoms with E-state index < -0.39 is 0 Å². The predicted octanol–water partition coefficient (Wildman–Crippen LogP) is 1.90. The number of methoxy groups -OCH3 is 1. The monoisotopic (exact) mass is 265 g/mol. The van der Waals surface area contributed by atoms with Gasteiger partial charge in [-0.1, -0.05) is 0 Å². The van der Waals surface area contributed by atoms with Gasteiger partial charge in [0.15, 0.2) is 0 Å². The van der Waals surface area contributed by atoms with Crippen molar-refractivity contribution < 1.29 is 9.53 Å². The van der Waals surface area contributed by atoms with Gasteiger partial charge in [-0.15, -0.1) is 0 Å². The maximum atomic E-state index is 12.6. The van der Waals surface area contributed by atoms with Crippen LogP contribution in [-0.2, 0) is 4.74 Å². The molecule has 1 amide bonds. The number of piperidine rings is 1. The van der Waals surface area contributed by atoms with E-state index in [1.54, 1.807) is 13.2 Å². The number of anilines is 1. The van der Waals surface area contributed by atoms with Crippen LogP contribution in [0.25, 0.3) is 0 Å². The van der Waals surface area contributed by atoms with Crippen LogP contribution in [0.4, 0.5) is 5.69 Å². The Morgan fingerprint density at radius 2 is 2.26 bits per heavy atom. The normalized spacial score (nSPS) is 20.0. The Balaban J connectivity index is 2.19. The Bertz CT molecular complexity index is 454. The summed E-state index contributed by atoms with van der Waals surface area (Å²) in [5, 5.41) is 0. The van der Waals surface area contributed by atoms with Crippen molar-refractivity contribution in [2.24, 2.45) is 0 Å². The summed E-state index contributed by atoms with van der Waals surface area (Å²) >= 11 is 0. The topological polar surface area (TPSA) is 60.5 Å². The van der Waals surface area contributed by atoms with Crippen LogP contribution in [0.5, 0.6) is 0 Å². The quantitative estimate of drug-likeness (QED) is 0.908. The van der Waals surface area contributed by atoms with Gasteiger partial charge in [0.1, 0.15) is 5.69 Å². The van der Waals surface area contributed by atoms with Gasteiger partial charge in [-0.3, -0.25) is 4.79 Å². The van der Waals surface area contributed by atoms with Crippen molar-refractivity contribution in [1.29, 1.82) is 0 Å². The van der Waals surface area contributed by atoms with E-state index in [2.05, 4.69) is 0 Å². The molecule has 1 saturated heterocycles. The van der Waals surface area contributed by atoms with E-state index in [1.165, 1.54) is 0 Å². The minimum Gasteiger partial charge on any atom is -0.397 e. The van der Waals surface area contributed by atoms with Crippen LogP contribution in [0.1, 0.15) is 43.2 Å². The van der Waals surface area contributed by atoms with Crippen LogP contribution in [0.3, 0.4) is 0 Å². The highest BCUT2D eigenvalue weighted by molar-refractivity contribution is 5.94. The molecule has 1 aliphatic rings. The lowest BCUT2D eigenvalue weighted by molar-refractivity contribution is 0.0262. The summed E-state index contributed by atoms with van der Waals surface area (Å²) in [4.78, 5) is 14.5. The Hall–Kier alpha value is -1.49. The molecule has 2 heterocycles. The molecule has 0 spiro atoms. The molecule has 5 nitrogen and oxygen atoms in total. The van der Waals surface area contributed by atoms with Gasteiger partial charge in [0.05, 0.1) is 11.8 Å². The van der Waals surface area contributed by atoms with E-state index in [0.29, 0.717) is 17.9 Å². The number of amides is 1. The average Bonchev–Trinajstić information content (AvgIpc) is 2.80. The number of nitrogens with zero attached hydrogens (tertiary/aromatic N) is 2. The zero-order valence-electron chi connectivity index (χ0n) is 11.9. The van der Waals surface area contributed by atoms with Crippen LogP contribution in [0.15, 0.2) is 12.3 Å². The molecule has 0 radical (unpaired) electrons. The highest BCUT2D eigenvalue weighted by Crippen LogP contribution is 2.21. The highest BCUT2D eigenvalue weighted by atomic mass is 16.5. The number of nitrogen functional groups attached to an aromatic ring is 1. The number of carbonyl (C=O) groups excluding carboxylic acids is 1. The number of ether oxygens (including phenoxy) is 1. The molecule has 1 atom stereocenters. The molecular formula is C14H23N3O2. The van der Waals surface area contributed by atoms with Crippen molar-refractivity contribution in [1.82, 2.24) is 9.47 Å². The molecular weight excluding hydrogens is 242 g/mol. The fourth-order valence-electron chi connectivity index (χ4n) is 2.58. The van der Waals surface area contributed by atoms with Crippen molar-refractivity contribution in [2.45, 2.75) is 38.8 Å². The fraction of sp³-hybridized carbons (Fsp3) is 0.643. The molecule has 2 N–H and O–H groups in total.